The number of benzene rings is 1. The van der Waals surface area contributed by atoms with Crippen molar-refractivity contribution in [2.45, 2.75) is 39.3 Å². The number of imide groups is 1. The number of hydrogen-bond donors (Lipinski definition) is 0. The van der Waals surface area contributed by atoms with Crippen molar-refractivity contribution in [1.29, 1.82) is 0 Å². The van der Waals surface area contributed by atoms with Crippen molar-refractivity contribution in [1.82, 2.24) is 9.80 Å². The highest BCUT2D eigenvalue weighted by molar-refractivity contribution is 6.15. The van der Waals surface area contributed by atoms with E-state index in [1.54, 1.807) is 0 Å². The van der Waals surface area contributed by atoms with Gasteiger partial charge in [0.15, 0.2) is 6.04 Å². The zero-order valence-electron chi connectivity index (χ0n) is 18.8. The molecule has 2 rings (SSSR count). The molecule has 1 aromatic carbocycles. The summed E-state index contributed by atoms with van der Waals surface area (Å²) in [5, 5.41) is 0. The monoisotopic (exact) mass is 506 g/mol. The van der Waals surface area contributed by atoms with Crippen molar-refractivity contribution >= 4 is 29.7 Å². The van der Waals surface area contributed by atoms with Crippen molar-refractivity contribution < 1.29 is 55.4 Å². The van der Waals surface area contributed by atoms with Gasteiger partial charge in [0.25, 0.3) is 11.8 Å². The van der Waals surface area contributed by atoms with E-state index >= 15 is 0 Å². The predicted molar refractivity (Wildman–Crippen MR) is 105 cm³/mol. The Hall–Kier alpha value is -3.84. The fraction of sp³-hybridized carbons (Fsp3) is 0.381. The third-order valence-corrected chi connectivity index (χ3v) is 4.26. The van der Waals surface area contributed by atoms with Gasteiger partial charge >= 0.3 is 12.1 Å². The molecule has 0 bridgehead atoms. The number of Topliss-reactive ketones (excluding diaryl/α,β-unsaturated/α-hetero) is 1. The summed E-state index contributed by atoms with van der Waals surface area (Å²) < 4.78 is 77.8. The molecule has 1 aliphatic heterocycles. The van der Waals surface area contributed by atoms with E-state index in [1.807, 2.05) is 0 Å². The fourth-order valence-electron chi connectivity index (χ4n) is 2.83. The molecular formula is C21H19F5N2O7. The average molecular weight is 506 g/mol. The van der Waals surface area contributed by atoms with Crippen LogP contribution in [0.5, 0.6) is 5.75 Å². The maximum Gasteiger partial charge on any atom is 0.410 e. The number of carbonyl (C=O) groups excluding carboxylic acids is 5. The minimum atomic E-state index is -2.51. The minimum absolute atomic E-state index is 0.228. The summed E-state index contributed by atoms with van der Waals surface area (Å²) in [6.07, 6.45) is 0.280. The summed E-state index contributed by atoms with van der Waals surface area (Å²) >= 11 is 0. The molecule has 0 aliphatic carbocycles. The highest BCUT2D eigenvalue weighted by Gasteiger charge is 2.41. The molecule has 3 amide bonds. The molecule has 0 radical (unpaired) electrons. The fourth-order valence-corrected chi connectivity index (χ4v) is 2.83. The summed E-state index contributed by atoms with van der Waals surface area (Å²) in [7, 11) is 0. The van der Waals surface area contributed by atoms with Crippen LogP contribution in [0.3, 0.4) is 0 Å². The van der Waals surface area contributed by atoms with Gasteiger partial charge in [-0.25, -0.2) is 22.8 Å². The molecule has 0 saturated heterocycles. The van der Waals surface area contributed by atoms with Crippen LogP contribution in [0.4, 0.5) is 26.7 Å². The van der Waals surface area contributed by atoms with Crippen LogP contribution in [0.25, 0.3) is 0 Å². The molecule has 0 fully saturated rings. The van der Waals surface area contributed by atoms with Gasteiger partial charge in [0.2, 0.25) is 34.8 Å². The molecule has 0 spiro atoms. The first kappa shape index (κ1) is 27.4. The van der Waals surface area contributed by atoms with Gasteiger partial charge in [-0.1, -0.05) is 0 Å². The second-order valence-corrected chi connectivity index (χ2v) is 8.28. The third-order valence-electron chi connectivity index (χ3n) is 4.26. The van der Waals surface area contributed by atoms with E-state index < -0.39 is 89.2 Å². The molecule has 9 nitrogen and oxygen atoms in total. The summed E-state index contributed by atoms with van der Waals surface area (Å²) in [5.41, 5.74) is -1.08. The van der Waals surface area contributed by atoms with Crippen LogP contribution in [0.2, 0.25) is 0 Å². The number of amides is 3. The van der Waals surface area contributed by atoms with E-state index in [4.69, 9.17) is 4.74 Å². The molecule has 0 aromatic heterocycles. The average Bonchev–Trinajstić information content (AvgIpc) is 3.07. The molecular weight excluding hydrogens is 487 g/mol. The number of esters is 1. The lowest BCUT2D eigenvalue weighted by molar-refractivity contribution is -0.152. The SMILES string of the molecule is CC(=O)CN(C[C@@H](C(=O)Oc1c(F)c(F)c(F)c(F)c1F)N1C(=O)C=CC1=O)C(=O)OC(C)(C)C. The topological polar surface area (TPSA) is 110 Å². The van der Waals surface area contributed by atoms with Crippen LogP contribution in [-0.4, -0.2) is 64.2 Å². The Morgan fingerprint density at radius 2 is 1.37 bits per heavy atom. The first-order valence-electron chi connectivity index (χ1n) is 9.80. The molecule has 1 aromatic rings. The van der Waals surface area contributed by atoms with Crippen LogP contribution < -0.4 is 4.74 Å². The van der Waals surface area contributed by atoms with Crippen molar-refractivity contribution in [3.8, 4) is 5.75 Å². The van der Waals surface area contributed by atoms with Crippen molar-refractivity contribution in [2.75, 3.05) is 13.1 Å². The van der Waals surface area contributed by atoms with Crippen molar-refractivity contribution in [3.05, 3.63) is 41.2 Å². The molecule has 14 heteroatoms. The van der Waals surface area contributed by atoms with Crippen LogP contribution in [-0.2, 0) is 23.9 Å². The van der Waals surface area contributed by atoms with E-state index in [0.29, 0.717) is 4.90 Å². The zero-order valence-corrected chi connectivity index (χ0v) is 18.8. The standard InChI is InChI=1S/C21H19F5N2O7/c1-9(29)7-27(20(33)35-21(2,3)4)8-10(28-11(30)5-6-12(28)31)19(32)34-18-16(25)14(23)13(22)15(24)17(18)26/h5-6,10H,7-8H2,1-4H3/t10-/m0/s1. The molecule has 35 heavy (non-hydrogen) atoms. The van der Waals surface area contributed by atoms with Gasteiger partial charge in [-0.3, -0.25) is 24.2 Å². The Morgan fingerprint density at radius 3 is 1.80 bits per heavy atom. The predicted octanol–water partition coefficient (Wildman–Crippen LogP) is 2.41. The molecule has 1 atom stereocenters. The first-order valence-corrected chi connectivity index (χ1v) is 9.80. The minimum Gasteiger partial charge on any atom is -0.444 e. The number of nitrogens with zero attached hydrogens (tertiary/aromatic N) is 2. The normalized spacial score (nSPS) is 14.3. The van der Waals surface area contributed by atoms with Gasteiger partial charge < -0.3 is 9.47 Å². The lowest BCUT2D eigenvalue weighted by Crippen LogP contribution is -2.55. The number of halogens is 5. The summed E-state index contributed by atoms with van der Waals surface area (Å²) in [4.78, 5) is 62.2. The smallest absolute Gasteiger partial charge is 0.410 e. The Bertz CT molecular complexity index is 1080. The maximum atomic E-state index is 14.0. The first-order chi connectivity index (χ1) is 16.0. The van der Waals surface area contributed by atoms with E-state index in [0.717, 1.165) is 19.1 Å². The van der Waals surface area contributed by atoms with Gasteiger partial charge in [-0.15, -0.1) is 0 Å². The van der Waals surface area contributed by atoms with Gasteiger partial charge in [-0.05, 0) is 27.7 Å². The summed E-state index contributed by atoms with van der Waals surface area (Å²) in [6.45, 7) is 3.83. The highest BCUT2D eigenvalue weighted by Crippen LogP contribution is 2.30. The quantitative estimate of drug-likeness (QED) is 0.140. The lowest BCUT2D eigenvalue weighted by atomic mass is 10.2. The van der Waals surface area contributed by atoms with Gasteiger partial charge in [-0.2, -0.15) is 8.78 Å². The van der Waals surface area contributed by atoms with Gasteiger partial charge in [0.1, 0.15) is 11.4 Å². The lowest BCUT2D eigenvalue weighted by Gasteiger charge is -2.31. The summed E-state index contributed by atoms with van der Waals surface area (Å²) in [6, 6.07) is -2.16. The molecule has 0 saturated carbocycles. The Kier molecular flexibility index (Phi) is 7.98. The second kappa shape index (κ2) is 10.2. The van der Waals surface area contributed by atoms with Crippen LogP contribution in [0, 0.1) is 29.1 Å². The Balaban J connectivity index is 2.49. The van der Waals surface area contributed by atoms with Gasteiger partial charge in [0, 0.05) is 12.2 Å². The number of ketones is 1. The van der Waals surface area contributed by atoms with E-state index in [2.05, 4.69) is 4.74 Å². The van der Waals surface area contributed by atoms with E-state index in [9.17, 15) is 45.9 Å². The Morgan fingerprint density at radius 1 is 0.914 bits per heavy atom. The van der Waals surface area contributed by atoms with Crippen molar-refractivity contribution in [3.63, 3.8) is 0 Å². The second-order valence-electron chi connectivity index (χ2n) is 8.28. The van der Waals surface area contributed by atoms with Crippen molar-refractivity contribution in [2.24, 2.45) is 0 Å². The van der Waals surface area contributed by atoms with E-state index in [1.165, 1.54) is 20.8 Å². The number of ether oxygens (including phenoxy) is 2. The molecule has 0 N–H and O–H groups in total. The highest BCUT2D eigenvalue weighted by atomic mass is 19.2. The third kappa shape index (κ3) is 6.19. The zero-order chi connectivity index (χ0) is 26.8. The van der Waals surface area contributed by atoms with E-state index in [-0.39, 0.29) is 4.90 Å². The van der Waals surface area contributed by atoms with Crippen LogP contribution in [0.1, 0.15) is 27.7 Å². The molecule has 1 aliphatic rings. The maximum absolute atomic E-state index is 14.0. The molecule has 1 heterocycles. The Labute approximate surface area is 195 Å². The molecule has 0 unspecified atom stereocenters. The van der Waals surface area contributed by atoms with Gasteiger partial charge in [0.05, 0.1) is 13.1 Å². The largest absolute Gasteiger partial charge is 0.444 e. The number of hydrogen-bond acceptors (Lipinski definition) is 7. The van der Waals surface area contributed by atoms with Crippen LogP contribution in [0.15, 0.2) is 12.2 Å². The molecule has 190 valence electrons. The number of rotatable bonds is 7. The number of carbonyl (C=O) groups is 5. The summed E-state index contributed by atoms with van der Waals surface area (Å²) in [5.74, 6) is -19.0. The van der Waals surface area contributed by atoms with Crippen LogP contribution >= 0.6 is 0 Å².